The van der Waals surface area contributed by atoms with E-state index >= 15 is 0 Å². The molecule has 2 nitrogen and oxygen atoms in total. The van der Waals surface area contributed by atoms with Crippen LogP contribution in [-0.2, 0) is 9.59 Å². The number of carbonyl (C=O) groups excluding carboxylic acids is 2. The summed E-state index contributed by atoms with van der Waals surface area (Å²) in [6, 6.07) is 0. The minimum Gasteiger partial charge on any atom is -0.300 e. The molecular formula is C9H12O2. The Hall–Kier alpha value is -0.660. The fraction of sp³-hybridized carbons (Fsp3) is 0.778. The van der Waals surface area contributed by atoms with E-state index in [2.05, 4.69) is 0 Å². The van der Waals surface area contributed by atoms with E-state index in [0.29, 0.717) is 24.4 Å². The zero-order chi connectivity index (χ0) is 7.90. The maximum absolute atomic E-state index is 11.2. The molecule has 0 saturated heterocycles. The molecule has 0 radical (unpaired) electrons. The molecule has 2 aliphatic rings. The van der Waals surface area contributed by atoms with Crippen LogP contribution in [0.25, 0.3) is 0 Å². The number of carbonyl (C=O) groups is 2. The second-order valence-electron chi connectivity index (χ2n) is 3.74. The predicted molar refractivity (Wildman–Crippen MR) is 40.1 cm³/mol. The quantitative estimate of drug-likeness (QED) is 0.527. The Labute approximate surface area is 66.0 Å². The second kappa shape index (κ2) is 2.16. The summed E-state index contributed by atoms with van der Waals surface area (Å²) in [5.41, 5.74) is -0.0199. The minimum absolute atomic E-state index is 0.0199. The Morgan fingerprint density at radius 2 is 1.45 bits per heavy atom. The van der Waals surface area contributed by atoms with Crippen LogP contribution in [0.3, 0.4) is 0 Å². The van der Waals surface area contributed by atoms with Crippen LogP contribution in [0.2, 0.25) is 0 Å². The Morgan fingerprint density at radius 1 is 0.909 bits per heavy atom. The first-order chi connectivity index (χ1) is 5.23. The highest BCUT2D eigenvalue weighted by atomic mass is 16.1. The molecule has 2 saturated carbocycles. The molecule has 0 bridgehead atoms. The van der Waals surface area contributed by atoms with Gasteiger partial charge in [0.1, 0.15) is 11.6 Å². The van der Waals surface area contributed by atoms with E-state index in [1.165, 1.54) is 0 Å². The number of Topliss-reactive ketones (excluding diaryl/α,β-unsaturated/α-hetero) is 2. The fourth-order valence-corrected chi connectivity index (χ4v) is 2.12. The summed E-state index contributed by atoms with van der Waals surface area (Å²) >= 11 is 0. The van der Waals surface area contributed by atoms with Crippen molar-refractivity contribution in [3.63, 3.8) is 0 Å². The van der Waals surface area contributed by atoms with Gasteiger partial charge in [0.25, 0.3) is 0 Å². The average molecular weight is 152 g/mol. The summed E-state index contributed by atoms with van der Waals surface area (Å²) in [5, 5.41) is 0. The van der Waals surface area contributed by atoms with E-state index in [0.717, 1.165) is 25.7 Å². The summed E-state index contributed by atoms with van der Waals surface area (Å²) in [5.74, 6) is 0.750. The number of hydrogen-bond acceptors (Lipinski definition) is 2. The molecule has 0 unspecified atom stereocenters. The van der Waals surface area contributed by atoms with E-state index in [-0.39, 0.29) is 5.41 Å². The summed E-state index contributed by atoms with van der Waals surface area (Å²) in [4.78, 5) is 22.1. The summed E-state index contributed by atoms with van der Waals surface area (Å²) in [6.45, 7) is 0. The molecule has 11 heavy (non-hydrogen) atoms. The third-order valence-corrected chi connectivity index (χ3v) is 3.19. The third kappa shape index (κ3) is 0.924. The lowest BCUT2D eigenvalue weighted by Gasteiger charge is -2.42. The lowest BCUT2D eigenvalue weighted by molar-refractivity contribution is -0.143. The van der Waals surface area contributed by atoms with E-state index in [9.17, 15) is 9.59 Å². The van der Waals surface area contributed by atoms with Crippen LogP contribution >= 0.6 is 0 Å². The first-order valence-electron chi connectivity index (χ1n) is 4.28. The topological polar surface area (TPSA) is 34.1 Å². The van der Waals surface area contributed by atoms with E-state index in [4.69, 9.17) is 0 Å². The highest BCUT2D eigenvalue weighted by Crippen LogP contribution is 2.47. The summed E-state index contributed by atoms with van der Waals surface area (Å²) in [6.07, 6.45) is 4.76. The largest absolute Gasteiger partial charge is 0.300 e. The molecule has 0 aromatic rings. The third-order valence-electron chi connectivity index (χ3n) is 3.19. The molecule has 0 N–H and O–H groups in total. The highest BCUT2D eigenvalue weighted by molar-refractivity contribution is 5.93. The molecule has 2 heteroatoms. The molecule has 2 aliphatic carbocycles. The monoisotopic (exact) mass is 152 g/mol. The van der Waals surface area contributed by atoms with Gasteiger partial charge in [-0.15, -0.1) is 0 Å². The van der Waals surface area contributed by atoms with Crippen molar-refractivity contribution in [3.05, 3.63) is 0 Å². The average Bonchev–Trinajstić information content (AvgIpc) is 2.03. The zero-order valence-corrected chi connectivity index (χ0v) is 6.56. The molecule has 2 fully saturated rings. The van der Waals surface area contributed by atoms with Gasteiger partial charge in [-0.2, -0.15) is 0 Å². The van der Waals surface area contributed by atoms with Crippen LogP contribution in [0.5, 0.6) is 0 Å². The standard InChI is InChI=1S/C9H12O2/c10-7-1-4-9(5-2-7)6-3-8(9)11/h1-6H2. The maximum Gasteiger partial charge on any atom is 0.139 e. The number of hydrogen-bond donors (Lipinski definition) is 0. The molecule has 0 aromatic carbocycles. The molecule has 0 aliphatic heterocycles. The smallest absolute Gasteiger partial charge is 0.139 e. The van der Waals surface area contributed by atoms with Crippen molar-refractivity contribution < 1.29 is 9.59 Å². The Balaban J connectivity index is 2.06. The number of ketones is 2. The molecule has 0 amide bonds. The fourth-order valence-electron chi connectivity index (χ4n) is 2.12. The maximum atomic E-state index is 11.2. The Kier molecular flexibility index (Phi) is 1.38. The molecule has 60 valence electrons. The van der Waals surface area contributed by atoms with Crippen molar-refractivity contribution in [1.82, 2.24) is 0 Å². The van der Waals surface area contributed by atoms with Crippen molar-refractivity contribution in [3.8, 4) is 0 Å². The molecular weight excluding hydrogens is 140 g/mol. The molecule has 2 rings (SSSR count). The molecule has 1 spiro atoms. The first kappa shape index (κ1) is 7.01. The van der Waals surface area contributed by atoms with Crippen molar-refractivity contribution in [1.29, 1.82) is 0 Å². The van der Waals surface area contributed by atoms with Crippen molar-refractivity contribution in [2.75, 3.05) is 0 Å². The zero-order valence-electron chi connectivity index (χ0n) is 6.56. The molecule has 0 heterocycles. The van der Waals surface area contributed by atoms with Crippen molar-refractivity contribution in [2.24, 2.45) is 5.41 Å². The van der Waals surface area contributed by atoms with E-state index < -0.39 is 0 Å². The normalized spacial score (nSPS) is 28.7. The molecule has 0 aromatic heterocycles. The van der Waals surface area contributed by atoms with Gasteiger partial charge in [0.05, 0.1) is 0 Å². The van der Waals surface area contributed by atoms with Gasteiger partial charge in [-0.25, -0.2) is 0 Å². The lowest BCUT2D eigenvalue weighted by atomic mass is 9.60. The van der Waals surface area contributed by atoms with Gasteiger partial charge in [0.2, 0.25) is 0 Å². The van der Waals surface area contributed by atoms with Crippen LogP contribution in [0.1, 0.15) is 38.5 Å². The summed E-state index contributed by atoms with van der Waals surface area (Å²) in [7, 11) is 0. The predicted octanol–water partition coefficient (Wildman–Crippen LogP) is 1.48. The van der Waals surface area contributed by atoms with Gasteiger partial charge in [-0.05, 0) is 19.3 Å². The van der Waals surface area contributed by atoms with Crippen molar-refractivity contribution in [2.45, 2.75) is 38.5 Å². The van der Waals surface area contributed by atoms with Gasteiger partial charge in [-0.1, -0.05) is 0 Å². The van der Waals surface area contributed by atoms with Gasteiger partial charge in [0.15, 0.2) is 0 Å². The highest BCUT2D eigenvalue weighted by Gasteiger charge is 2.47. The van der Waals surface area contributed by atoms with Crippen LogP contribution in [-0.4, -0.2) is 11.6 Å². The first-order valence-corrected chi connectivity index (χ1v) is 4.28. The van der Waals surface area contributed by atoms with E-state index in [1.807, 2.05) is 0 Å². The Bertz CT molecular complexity index is 208. The molecule has 0 atom stereocenters. The van der Waals surface area contributed by atoms with Crippen LogP contribution in [0.4, 0.5) is 0 Å². The summed E-state index contributed by atoms with van der Waals surface area (Å²) < 4.78 is 0. The van der Waals surface area contributed by atoms with Gasteiger partial charge in [-0.3, -0.25) is 9.59 Å². The minimum atomic E-state index is -0.0199. The van der Waals surface area contributed by atoms with Gasteiger partial charge < -0.3 is 0 Å². The number of rotatable bonds is 0. The Morgan fingerprint density at radius 3 is 1.82 bits per heavy atom. The van der Waals surface area contributed by atoms with E-state index in [1.54, 1.807) is 0 Å². The van der Waals surface area contributed by atoms with Crippen LogP contribution < -0.4 is 0 Å². The van der Waals surface area contributed by atoms with Gasteiger partial charge >= 0.3 is 0 Å². The van der Waals surface area contributed by atoms with Crippen LogP contribution in [0, 0.1) is 5.41 Å². The lowest BCUT2D eigenvalue weighted by Crippen LogP contribution is -2.43. The van der Waals surface area contributed by atoms with Crippen LogP contribution in [0.15, 0.2) is 0 Å². The SMILES string of the molecule is O=C1CCC2(CC1)CCC2=O. The van der Waals surface area contributed by atoms with Crippen molar-refractivity contribution >= 4 is 11.6 Å². The second-order valence-corrected chi connectivity index (χ2v) is 3.74. The van der Waals surface area contributed by atoms with Gasteiger partial charge in [0, 0.05) is 24.7 Å².